The SMILES string of the molecule is COC(=O)/C(=C\Br)C(O)c1ccc(Cl)cc1. The van der Waals surface area contributed by atoms with Crippen molar-refractivity contribution in [1.29, 1.82) is 0 Å². The monoisotopic (exact) mass is 304 g/mol. The lowest BCUT2D eigenvalue weighted by atomic mass is 10.0. The number of rotatable bonds is 3. The van der Waals surface area contributed by atoms with Gasteiger partial charge in [-0.05, 0) is 22.7 Å². The molecule has 1 N–H and O–H groups in total. The minimum atomic E-state index is -1.04. The number of aliphatic hydroxyl groups is 1. The average Bonchev–Trinajstić information content (AvgIpc) is 2.30. The molecule has 1 atom stereocenters. The predicted molar refractivity (Wildman–Crippen MR) is 65.4 cm³/mol. The maximum atomic E-state index is 11.3. The molecular weight excluding hydrogens is 295 g/mol. The van der Waals surface area contributed by atoms with Gasteiger partial charge in [0.2, 0.25) is 0 Å². The molecule has 1 aromatic rings. The minimum Gasteiger partial charge on any atom is -0.466 e. The molecule has 0 aliphatic carbocycles. The molecule has 0 amide bonds. The Kier molecular flexibility index (Phi) is 4.99. The van der Waals surface area contributed by atoms with E-state index in [1.165, 1.54) is 12.1 Å². The molecule has 0 aliphatic heterocycles. The van der Waals surface area contributed by atoms with Gasteiger partial charge in [0.1, 0.15) is 6.10 Å². The number of ether oxygens (including phenoxy) is 1. The van der Waals surface area contributed by atoms with E-state index in [0.29, 0.717) is 10.6 Å². The third kappa shape index (κ3) is 3.07. The van der Waals surface area contributed by atoms with E-state index in [0.717, 1.165) is 0 Å². The quantitative estimate of drug-likeness (QED) is 0.690. The number of methoxy groups -OCH3 is 1. The summed E-state index contributed by atoms with van der Waals surface area (Å²) >= 11 is 8.74. The summed E-state index contributed by atoms with van der Waals surface area (Å²) in [6.45, 7) is 0. The van der Waals surface area contributed by atoms with Crippen molar-refractivity contribution in [1.82, 2.24) is 0 Å². The third-order valence-electron chi connectivity index (χ3n) is 2.02. The van der Waals surface area contributed by atoms with Crippen LogP contribution >= 0.6 is 27.5 Å². The second-order valence-electron chi connectivity index (χ2n) is 3.01. The first-order valence-electron chi connectivity index (χ1n) is 4.42. The molecule has 1 aromatic carbocycles. The summed E-state index contributed by atoms with van der Waals surface area (Å²) in [5, 5.41) is 10.5. The highest BCUT2D eigenvalue weighted by atomic mass is 79.9. The molecule has 0 radical (unpaired) electrons. The Morgan fingerprint density at radius 2 is 2.06 bits per heavy atom. The van der Waals surface area contributed by atoms with Crippen LogP contribution in [0.25, 0.3) is 0 Å². The van der Waals surface area contributed by atoms with Crippen molar-refractivity contribution in [3.63, 3.8) is 0 Å². The standard InChI is InChI=1S/C11H10BrClO3/c1-16-11(15)9(6-12)10(14)7-2-4-8(13)5-3-7/h2-6,10,14H,1H3/b9-6-. The van der Waals surface area contributed by atoms with Gasteiger partial charge in [-0.25, -0.2) is 4.79 Å². The van der Waals surface area contributed by atoms with Gasteiger partial charge >= 0.3 is 5.97 Å². The normalized spacial score (nSPS) is 13.4. The molecule has 0 bridgehead atoms. The second-order valence-corrected chi connectivity index (χ2v) is 3.90. The lowest BCUT2D eigenvalue weighted by molar-refractivity contribution is -0.137. The largest absolute Gasteiger partial charge is 0.466 e. The maximum Gasteiger partial charge on any atom is 0.337 e. The van der Waals surface area contributed by atoms with Crippen LogP contribution in [0.1, 0.15) is 11.7 Å². The smallest absolute Gasteiger partial charge is 0.337 e. The summed E-state index contributed by atoms with van der Waals surface area (Å²) in [4.78, 5) is 12.7. The van der Waals surface area contributed by atoms with Crippen LogP contribution in [0.15, 0.2) is 34.8 Å². The van der Waals surface area contributed by atoms with Crippen LogP contribution in [0.3, 0.4) is 0 Å². The van der Waals surface area contributed by atoms with Crippen molar-refractivity contribution in [2.75, 3.05) is 7.11 Å². The Hall–Kier alpha value is -0.840. The minimum absolute atomic E-state index is 0.129. The highest BCUT2D eigenvalue weighted by molar-refractivity contribution is 9.11. The first-order valence-corrected chi connectivity index (χ1v) is 5.71. The van der Waals surface area contributed by atoms with E-state index < -0.39 is 12.1 Å². The Morgan fingerprint density at radius 1 is 1.50 bits per heavy atom. The molecule has 0 spiro atoms. The molecular formula is C11H10BrClO3. The van der Waals surface area contributed by atoms with Crippen LogP contribution in [0.4, 0.5) is 0 Å². The highest BCUT2D eigenvalue weighted by Gasteiger charge is 2.20. The number of carbonyl (C=O) groups excluding carboxylic acids is 1. The summed E-state index contributed by atoms with van der Waals surface area (Å²) in [7, 11) is 1.26. The molecule has 0 aliphatic rings. The summed E-state index contributed by atoms with van der Waals surface area (Å²) in [5.41, 5.74) is 0.699. The molecule has 3 nitrogen and oxygen atoms in total. The molecule has 0 aromatic heterocycles. The fourth-order valence-electron chi connectivity index (χ4n) is 1.16. The number of halogens is 2. The number of esters is 1. The third-order valence-corrected chi connectivity index (χ3v) is 2.76. The Balaban J connectivity index is 2.96. The van der Waals surface area contributed by atoms with E-state index in [1.807, 2.05) is 0 Å². The van der Waals surface area contributed by atoms with Crippen LogP contribution < -0.4 is 0 Å². The summed E-state index contributed by atoms with van der Waals surface area (Å²) < 4.78 is 4.55. The van der Waals surface area contributed by atoms with Gasteiger partial charge in [0, 0.05) is 5.02 Å². The first kappa shape index (κ1) is 13.2. The predicted octanol–water partition coefficient (Wildman–Crippen LogP) is 2.83. The lowest BCUT2D eigenvalue weighted by Crippen LogP contribution is -2.12. The second kappa shape index (κ2) is 6.03. The fourth-order valence-corrected chi connectivity index (χ4v) is 1.72. The van der Waals surface area contributed by atoms with Crippen LogP contribution in [0.2, 0.25) is 5.02 Å². The number of aliphatic hydroxyl groups excluding tert-OH is 1. The Bertz CT molecular complexity index is 400. The molecule has 0 fully saturated rings. The van der Waals surface area contributed by atoms with Gasteiger partial charge in [0.25, 0.3) is 0 Å². The number of benzene rings is 1. The van der Waals surface area contributed by atoms with Crippen molar-refractivity contribution in [2.24, 2.45) is 0 Å². The molecule has 1 rings (SSSR count). The first-order chi connectivity index (χ1) is 7.60. The molecule has 16 heavy (non-hydrogen) atoms. The lowest BCUT2D eigenvalue weighted by Gasteiger charge is -2.12. The molecule has 0 saturated carbocycles. The number of carbonyl (C=O) groups is 1. The molecule has 5 heteroatoms. The van der Waals surface area contributed by atoms with Gasteiger partial charge in [-0.2, -0.15) is 0 Å². The molecule has 0 heterocycles. The van der Waals surface area contributed by atoms with Crippen molar-refractivity contribution in [2.45, 2.75) is 6.10 Å². The number of hydrogen-bond donors (Lipinski definition) is 1. The van der Waals surface area contributed by atoms with E-state index in [-0.39, 0.29) is 5.57 Å². The van der Waals surface area contributed by atoms with Crippen molar-refractivity contribution < 1.29 is 14.6 Å². The van der Waals surface area contributed by atoms with E-state index in [4.69, 9.17) is 11.6 Å². The van der Waals surface area contributed by atoms with Crippen molar-refractivity contribution >= 4 is 33.5 Å². The summed E-state index contributed by atoms with van der Waals surface area (Å²) in [5.74, 6) is -0.584. The van der Waals surface area contributed by atoms with Crippen LogP contribution in [-0.2, 0) is 9.53 Å². The Morgan fingerprint density at radius 3 is 2.50 bits per heavy atom. The summed E-state index contributed by atoms with van der Waals surface area (Å²) in [6.07, 6.45) is -1.04. The molecule has 0 saturated heterocycles. The zero-order valence-corrected chi connectivity index (χ0v) is 10.8. The Labute approximate surface area is 107 Å². The molecule has 1 unspecified atom stereocenters. The van der Waals surface area contributed by atoms with Gasteiger partial charge in [0.15, 0.2) is 0 Å². The zero-order valence-electron chi connectivity index (χ0n) is 8.48. The fraction of sp³-hybridized carbons (Fsp3) is 0.182. The topological polar surface area (TPSA) is 46.5 Å². The van der Waals surface area contributed by atoms with Gasteiger partial charge in [0.05, 0.1) is 12.7 Å². The summed E-state index contributed by atoms with van der Waals surface area (Å²) in [6, 6.07) is 6.57. The van der Waals surface area contributed by atoms with E-state index in [2.05, 4.69) is 20.7 Å². The average molecular weight is 306 g/mol. The van der Waals surface area contributed by atoms with Gasteiger partial charge in [-0.15, -0.1) is 0 Å². The highest BCUT2D eigenvalue weighted by Crippen LogP contribution is 2.24. The van der Waals surface area contributed by atoms with Gasteiger partial charge < -0.3 is 9.84 Å². The molecule has 86 valence electrons. The van der Waals surface area contributed by atoms with E-state index in [1.54, 1.807) is 24.3 Å². The van der Waals surface area contributed by atoms with E-state index in [9.17, 15) is 9.90 Å². The van der Waals surface area contributed by atoms with Crippen LogP contribution in [0.5, 0.6) is 0 Å². The number of hydrogen-bond acceptors (Lipinski definition) is 3. The maximum absolute atomic E-state index is 11.3. The zero-order chi connectivity index (χ0) is 12.1. The van der Waals surface area contributed by atoms with Crippen molar-refractivity contribution in [3.8, 4) is 0 Å². The van der Waals surface area contributed by atoms with Gasteiger partial charge in [-0.1, -0.05) is 39.7 Å². The van der Waals surface area contributed by atoms with Crippen LogP contribution in [-0.4, -0.2) is 18.2 Å². The van der Waals surface area contributed by atoms with Gasteiger partial charge in [-0.3, -0.25) is 0 Å². The van der Waals surface area contributed by atoms with Crippen LogP contribution in [0, 0.1) is 0 Å². The van der Waals surface area contributed by atoms with Crippen molar-refractivity contribution in [3.05, 3.63) is 45.4 Å². The van der Waals surface area contributed by atoms with E-state index >= 15 is 0 Å².